The third-order valence-corrected chi connectivity index (χ3v) is 2.62. The van der Waals surface area contributed by atoms with E-state index in [0.717, 1.165) is 11.3 Å². The van der Waals surface area contributed by atoms with E-state index in [1.54, 1.807) is 12.1 Å². The van der Waals surface area contributed by atoms with Crippen LogP contribution in [-0.4, -0.2) is 46.2 Å². The molecular formula is C25H34N2P2Pd. The normalized spacial score (nSPS) is 9.33. The first-order valence-corrected chi connectivity index (χ1v) is 14.7. The van der Waals surface area contributed by atoms with Gasteiger partial charge in [-0.1, -0.05) is 48.5 Å². The number of aliphatic imine (C=N–C) groups is 1. The molecular weight excluding hydrogens is 497 g/mol. The van der Waals surface area contributed by atoms with Gasteiger partial charge in [-0.05, 0) is 58.3 Å². The molecule has 0 aromatic heterocycles. The summed E-state index contributed by atoms with van der Waals surface area (Å²) < 4.78 is 0. The summed E-state index contributed by atoms with van der Waals surface area (Å²) in [6.45, 7) is 13.4. The van der Waals surface area contributed by atoms with Crippen molar-refractivity contribution in [2.75, 3.05) is 40.0 Å². The standard InChI is InChI=1S/C13H10N.C6H6N.2C3H9P.Pd/c1-3-7-12(8-4-1)11-14-13-9-5-2-6-10-13;7-6-4-2-1-3-5-6;2*1-4(2)3;/h1-7,9-11H;1-5,7H;2*1-3H3;/q2*-1;;;+2. The van der Waals surface area contributed by atoms with E-state index in [1.807, 2.05) is 79.0 Å². The maximum atomic E-state index is 7.00. The van der Waals surface area contributed by atoms with Crippen molar-refractivity contribution in [3.8, 4) is 0 Å². The predicted molar refractivity (Wildman–Crippen MR) is 139 cm³/mol. The summed E-state index contributed by atoms with van der Waals surface area (Å²) in [6, 6.07) is 29.8. The number of hydrogen-bond acceptors (Lipinski definition) is 1. The van der Waals surface area contributed by atoms with E-state index in [0.29, 0.717) is 21.5 Å². The molecule has 0 saturated heterocycles. The second-order valence-corrected chi connectivity index (χ2v) is 12.3. The second kappa shape index (κ2) is 20.9. The zero-order valence-corrected chi connectivity index (χ0v) is 22.2. The van der Waals surface area contributed by atoms with Gasteiger partial charge >= 0.3 is 20.4 Å². The maximum absolute atomic E-state index is 7.00. The second-order valence-electron chi connectivity index (χ2n) is 6.96. The zero-order valence-electron chi connectivity index (χ0n) is 18.8. The molecule has 0 spiro atoms. The number of nitrogens with one attached hydrogen (secondary N) is 1. The van der Waals surface area contributed by atoms with Crippen LogP contribution in [0.25, 0.3) is 5.73 Å². The monoisotopic (exact) mass is 530 g/mol. The molecule has 0 unspecified atom stereocenters. The Balaban J connectivity index is 0. The van der Waals surface area contributed by atoms with Gasteiger partial charge in [-0.15, -0.1) is 57.4 Å². The predicted octanol–water partition coefficient (Wildman–Crippen LogP) is 8.32. The van der Waals surface area contributed by atoms with Crippen LogP contribution in [0, 0.1) is 6.07 Å². The quantitative estimate of drug-likeness (QED) is 0.138. The van der Waals surface area contributed by atoms with Crippen molar-refractivity contribution >= 4 is 33.4 Å². The SMILES string of the molecule is CP(C)C.CP(C)C.[NH-]c1ccccc1.[Pd+2].[c-]1ccccc1C=Nc1ccccc1. The van der Waals surface area contributed by atoms with E-state index in [-0.39, 0.29) is 20.4 Å². The Bertz CT molecular complexity index is 697. The van der Waals surface area contributed by atoms with Gasteiger partial charge < -0.3 is 10.7 Å². The van der Waals surface area contributed by atoms with E-state index in [2.05, 4.69) is 51.0 Å². The number of rotatable bonds is 2. The van der Waals surface area contributed by atoms with Crippen LogP contribution in [-0.2, 0) is 20.4 Å². The molecule has 0 aliphatic rings. The van der Waals surface area contributed by atoms with Crippen molar-refractivity contribution in [1.29, 1.82) is 0 Å². The van der Waals surface area contributed by atoms with Gasteiger partial charge in [-0.2, -0.15) is 0 Å². The molecule has 0 saturated carbocycles. The molecule has 0 atom stereocenters. The molecule has 0 aliphatic heterocycles. The molecule has 3 aromatic carbocycles. The Kier molecular flexibility index (Phi) is 21.5. The Morgan fingerprint density at radius 3 is 1.50 bits per heavy atom. The fourth-order valence-corrected chi connectivity index (χ4v) is 1.58. The van der Waals surface area contributed by atoms with E-state index < -0.39 is 0 Å². The van der Waals surface area contributed by atoms with Crippen LogP contribution in [0.2, 0.25) is 0 Å². The van der Waals surface area contributed by atoms with Crippen molar-refractivity contribution in [3.63, 3.8) is 0 Å². The van der Waals surface area contributed by atoms with Crippen molar-refractivity contribution < 1.29 is 20.4 Å². The number of para-hydroxylation sites is 1. The van der Waals surface area contributed by atoms with E-state index in [4.69, 9.17) is 5.73 Å². The Morgan fingerprint density at radius 2 is 1.13 bits per heavy atom. The molecule has 3 aromatic rings. The molecule has 2 nitrogen and oxygen atoms in total. The van der Waals surface area contributed by atoms with Gasteiger partial charge in [-0.3, -0.25) is 0 Å². The molecule has 0 amide bonds. The molecule has 5 heteroatoms. The minimum atomic E-state index is 0. The van der Waals surface area contributed by atoms with Crippen molar-refractivity contribution in [3.05, 3.63) is 102 Å². The Morgan fingerprint density at radius 1 is 0.700 bits per heavy atom. The Hall–Kier alpha value is -1.35. The third-order valence-electron chi connectivity index (χ3n) is 2.62. The third kappa shape index (κ3) is 22.9. The summed E-state index contributed by atoms with van der Waals surface area (Å²) in [5.74, 6) is 0. The maximum Gasteiger partial charge on any atom is 2.00 e. The average Bonchev–Trinajstić information content (AvgIpc) is 2.68. The summed E-state index contributed by atoms with van der Waals surface area (Å²) in [7, 11) is 0.759. The molecule has 30 heavy (non-hydrogen) atoms. The average molecular weight is 531 g/mol. The fourth-order valence-electron chi connectivity index (χ4n) is 1.58. The van der Waals surface area contributed by atoms with Crippen LogP contribution in [0.15, 0.2) is 89.9 Å². The van der Waals surface area contributed by atoms with Gasteiger partial charge in [0.2, 0.25) is 0 Å². The smallest absolute Gasteiger partial charge is 0.699 e. The van der Waals surface area contributed by atoms with Crippen LogP contribution < -0.4 is 0 Å². The molecule has 0 heterocycles. The van der Waals surface area contributed by atoms with Gasteiger partial charge in [-0.25, -0.2) is 0 Å². The summed E-state index contributed by atoms with van der Waals surface area (Å²) in [5.41, 5.74) is 9.53. The van der Waals surface area contributed by atoms with Gasteiger partial charge in [0.15, 0.2) is 0 Å². The molecule has 1 N–H and O–H groups in total. The molecule has 3 rings (SSSR count). The first kappa shape index (κ1) is 30.8. The first-order valence-electron chi connectivity index (χ1n) is 9.35. The summed E-state index contributed by atoms with van der Waals surface area (Å²) >= 11 is 0. The number of hydrogen-bond donors (Lipinski definition) is 0. The number of benzene rings is 3. The van der Waals surface area contributed by atoms with E-state index in [9.17, 15) is 0 Å². The van der Waals surface area contributed by atoms with Gasteiger partial charge in [0.1, 0.15) is 0 Å². The van der Waals surface area contributed by atoms with Gasteiger partial charge in [0.25, 0.3) is 0 Å². The Labute approximate surface area is 200 Å². The summed E-state index contributed by atoms with van der Waals surface area (Å²) in [5, 5.41) is 0. The van der Waals surface area contributed by atoms with Crippen LogP contribution >= 0.6 is 15.8 Å². The van der Waals surface area contributed by atoms with Crippen molar-refractivity contribution in [1.82, 2.24) is 0 Å². The first-order chi connectivity index (χ1) is 13.8. The van der Waals surface area contributed by atoms with Crippen LogP contribution in [0.3, 0.4) is 0 Å². The van der Waals surface area contributed by atoms with Crippen LogP contribution in [0.1, 0.15) is 5.56 Å². The molecule has 0 aliphatic carbocycles. The summed E-state index contributed by atoms with van der Waals surface area (Å²) in [4.78, 5) is 4.32. The van der Waals surface area contributed by atoms with Gasteiger partial charge in [0.05, 0.1) is 5.69 Å². The van der Waals surface area contributed by atoms with E-state index in [1.165, 1.54) is 0 Å². The van der Waals surface area contributed by atoms with Crippen molar-refractivity contribution in [2.45, 2.75) is 0 Å². The molecule has 164 valence electrons. The largest absolute Gasteiger partial charge is 2.00 e. The minimum Gasteiger partial charge on any atom is -0.699 e. The minimum absolute atomic E-state index is 0. The van der Waals surface area contributed by atoms with Crippen LogP contribution in [0.4, 0.5) is 11.4 Å². The summed E-state index contributed by atoms with van der Waals surface area (Å²) in [6.07, 6.45) is 1.81. The van der Waals surface area contributed by atoms with Crippen LogP contribution in [0.5, 0.6) is 0 Å². The molecule has 0 radical (unpaired) electrons. The fraction of sp³-hybridized carbons (Fsp3) is 0.240. The number of nitrogens with zero attached hydrogens (tertiary/aromatic N) is 1. The van der Waals surface area contributed by atoms with E-state index >= 15 is 0 Å². The van der Waals surface area contributed by atoms with Crippen molar-refractivity contribution in [2.24, 2.45) is 4.99 Å². The van der Waals surface area contributed by atoms with Gasteiger partial charge in [0, 0.05) is 0 Å². The molecule has 0 bridgehead atoms. The topological polar surface area (TPSA) is 36.2 Å². The molecule has 0 fully saturated rings. The zero-order chi connectivity index (χ0) is 21.9.